The van der Waals surface area contributed by atoms with E-state index < -0.39 is 8.07 Å². The first-order valence-corrected chi connectivity index (χ1v) is 19.7. The highest BCUT2D eigenvalue weighted by Crippen LogP contribution is 2.48. The first-order chi connectivity index (χ1) is 23.2. The van der Waals surface area contributed by atoms with Crippen LogP contribution < -0.4 is 19.7 Å². The third-order valence-electron chi connectivity index (χ3n) is 9.98. The van der Waals surface area contributed by atoms with Crippen molar-refractivity contribution in [3.63, 3.8) is 0 Å². The van der Waals surface area contributed by atoms with Gasteiger partial charge >= 0.3 is 0 Å². The average molecular weight is 668 g/mol. The summed E-state index contributed by atoms with van der Waals surface area (Å²) < 4.78 is 20.6. The molecule has 0 radical (unpaired) electrons. The fourth-order valence-electron chi connectivity index (χ4n) is 7.21. The number of anilines is 1. The molecular weight excluding hydrogens is 623 g/mol. The number of carbonyl (C=O) groups is 1. The Labute approximate surface area is 283 Å². The van der Waals surface area contributed by atoms with Gasteiger partial charge in [0.15, 0.2) is 0 Å². The van der Waals surface area contributed by atoms with Crippen LogP contribution in [0.25, 0.3) is 0 Å². The number of aliphatic hydroxyl groups excluding tert-OH is 1. The molecule has 48 heavy (non-hydrogen) atoms. The normalized spacial score (nSPS) is 20.1. The summed E-state index contributed by atoms with van der Waals surface area (Å²) >= 11 is 0. The van der Waals surface area contributed by atoms with Crippen molar-refractivity contribution in [1.29, 1.82) is 0 Å². The number of fused-ring (bicyclic) bond motifs is 1. The Kier molecular flexibility index (Phi) is 10.1. The van der Waals surface area contributed by atoms with E-state index >= 15 is 0 Å². The summed E-state index contributed by atoms with van der Waals surface area (Å²) in [6.07, 6.45) is 3.84. The second-order valence-electron chi connectivity index (χ2n) is 13.2. The fourth-order valence-corrected chi connectivity index (χ4v) is 10.7. The molecule has 1 aromatic heterocycles. The lowest BCUT2D eigenvalue weighted by atomic mass is 9.86. The molecule has 4 aromatic rings. The Morgan fingerprint density at radius 2 is 1.81 bits per heavy atom. The van der Waals surface area contributed by atoms with Gasteiger partial charge < -0.3 is 19.3 Å². The number of aliphatic hydroxyl groups is 1. The highest BCUT2D eigenvalue weighted by molar-refractivity contribution is 6.91. The summed E-state index contributed by atoms with van der Waals surface area (Å²) in [7, 11) is 1.24. The van der Waals surface area contributed by atoms with Crippen LogP contribution >= 0.6 is 0 Å². The van der Waals surface area contributed by atoms with Crippen molar-refractivity contribution in [3.8, 4) is 11.5 Å². The minimum absolute atomic E-state index is 0.00825. The van der Waals surface area contributed by atoms with Crippen molar-refractivity contribution in [1.82, 2.24) is 15.0 Å². The molecule has 0 saturated heterocycles. The van der Waals surface area contributed by atoms with Crippen LogP contribution in [-0.4, -0.2) is 66.7 Å². The number of hydrogen-bond donors (Lipinski definition) is 1. The Hall–Kier alpha value is -4.32. The zero-order chi connectivity index (χ0) is 33.8. The Balaban J connectivity index is 1.33. The smallest absolute Gasteiger partial charge is 0.247 e. The van der Waals surface area contributed by atoms with E-state index in [1.54, 1.807) is 14.2 Å². The van der Waals surface area contributed by atoms with Gasteiger partial charge in [0.05, 0.1) is 38.4 Å². The highest BCUT2D eigenvalue weighted by Gasteiger charge is 2.47. The molecular formula is C37H45N5O5Si. The Morgan fingerprint density at radius 1 is 1.04 bits per heavy atom. The molecule has 0 spiro atoms. The maximum atomic E-state index is 13.1. The van der Waals surface area contributed by atoms with Gasteiger partial charge in [0, 0.05) is 57.2 Å². The lowest BCUT2D eigenvalue weighted by Crippen LogP contribution is -2.54. The second kappa shape index (κ2) is 14.4. The van der Waals surface area contributed by atoms with Gasteiger partial charge in [0.25, 0.3) is 0 Å². The summed E-state index contributed by atoms with van der Waals surface area (Å²) in [4.78, 5) is 13.1. The van der Waals surface area contributed by atoms with Gasteiger partial charge in [-0.3, -0.25) is 9.48 Å². The number of carbonyl (C=O) groups excluding carboxylic acids is 1. The molecule has 1 N–H and O–H groups in total. The van der Waals surface area contributed by atoms with E-state index in [-0.39, 0.29) is 36.2 Å². The molecule has 10 nitrogen and oxygen atoms in total. The van der Waals surface area contributed by atoms with Crippen LogP contribution in [0.1, 0.15) is 49.1 Å². The number of hydrogen-bond acceptors (Lipinski definition) is 8. The van der Waals surface area contributed by atoms with Crippen LogP contribution in [0.2, 0.25) is 18.6 Å². The van der Waals surface area contributed by atoms with Crippen molar-refractivity contribution in [2.24, 2.45) is 11.0 Å². The van der Waals surface area contributed by atoms with Crippen LogP contribution in [0.5, 0.6) is 11.5 Å². The van der Waals surface area contributed by atoms with E-state index in [0.717, 1.165) is 40.5 Å². The Bertz CT molecular complexity index is 1740. The number of aryl methyl sites for hydroxylation is 1. The summed E-state index contributed by atoms with van der Waals surface area (Å²) in [5.74, 6) is 1.57. The molecule has 0 fully saturated rings. The summed E-state index contributed by atoms with van der Waals surface area (Å²) in [6.45, 7) is 7.72. The minimum atomic E-state index is -2.19. The highest BCUT2D eigenvalue weighted by atomic mass is 28.3. The lowest BCUT2D eigenvalue weighted by Gasteiger charge is -2.46. The molecule has 2 aliphatic rings. The van der Waals surface area contributed by atoms with E-state index in [1.165, 1.54) is 10.2 Å². The van der Waals surface area contributed by atoms with E-state index in [9.17, 15) is 9.90 Å². The number of aromatic nitrogens is 3. The monoisotopic (exact) mass is 667 g/mol. The largest absolute Gasteiger partial charge is 0.497 e. The number of rotatable bonds is 12. The zero-order valence-corrected chi connectivity index (χ0v) is 29.4. The summed E-state index contributed by atoms with van der Waals surface area (Å²) in [6, 6.07) is 24.4. The fraction of sp³-hybridized carbons (Fsp3) is 0.405. The topological polar surface area (TPSA) is 111 Å². The van der Waals surface area contributed by atoms with Crippen molar-refractivity contribution < 1.29 is 24.1 Å². The first-order valence-electron chi connectivity index (χ1n) is 16.7. The van der Waals surface area contributed by atoms with Gasteiger partial charge in [0.1, 0.15) is 17.6 Å². The van der Waals surface area contributed by atoms with Crippen LogP contribution in [0.4, 0.5) is 5.69 Å². The van der Waals surface area contributed by atoms with Crippen molar-refractivity contribution in [2.75, 3.05) is 25.8 Å². The molecule has 11 heteroatoms. The van der Waals surface area contributed by atoms with Gasteiger partial charge in [-0.05, 0) is 47.9 Å². The number of amides is 1. The molecule has 3 heterocycles. The van der Waals surface area contributed by atoms with E-state index in [0.29, 0.717) is 31.5 Å². The van der Waals surface area contributed by atoms with Crippen molar-refractivity contribution in [3.05, 3.63) is 95.8 Å². The summed E-state index contributed by atoms with van der Waals surface area (Å²) in [5, 5.41) is 25.6. The number of methoxy groups -OCH3 is 2. The van der Waals surface area contributed by atoms with Crippen LogP contribution in [0, 0.1) is 5.92 Å². The molecule has 2 aliphatic heterocycles. The minimum Gasteiger partial charge on any atom is -0.497 e. The second-order valence-corrected chi connectivity index (χ2v) is 18.0. The molecule has 252 valence electrons. The van der Waals surface area contributed by atoms with Crippen molar-refractivity contribution >= 4 is 30.6 Å². The molecule has 1 unspecified atom stereocenters. The predicted molar refractivity (Wildman–Crippen MR) is 189 cm³/mol. The van der Waals surface area contributed by atoms with Gasteiger partial charge in [-0.1, -0.05) is 72.9 Å². The summed E-state index contributed by atoms with van der Waals surface area (Å²) in [5.41, 5.74) is 4.50. The van der Waals surface area contributed by atoms with Gasteiger partial charge in [-0.2, -0.15) is 5.10 Å². The number of nitrogens with zero attached hydrogens (tertiary/aromatic N) is 5. The van der Waals surface area contributed by atoms with Gasteiger partial charge in [-0.25, -0.2) is 5.01 Å². The standard InChI is InChI=1S/C37H45N5O5Si/c1-25-36(46-3)31-23-28(42-35(44)18-16-32(39-42)26-9-7-6-8-10-26)11-17-33(31)47-37(25)34(19-21-41-24-27(20-22-43)38-40-41)48(4,5)30-14-12-29(45-2)13-15-30/h6-15,17,23-25,34,36-37,43H,16,18-22H2,1-5H3/t25-,34?,36-,37-/m1/s1. The third-order valence-corrected chi connectivity index (χ3v) is 14.3. The molecule has 4 atom stereocenters. The number of ether oxygens (including phenoxy) is 3. The lowest BCUT2D eigenvalue weighted by molar-refractivity contribution is -0.118. The predicted octanol–water partition coefficient (Wildman–Crippen LogP) is 5.51. The zero-order valence-electron chi connectivity index (χ0n) is 28.4. The molecule has 1 amide bonds. The SMILES string of the molecule is COc1ccc([Si](C)(C)C(CCn2cc(CCO)nn2)[C@@H]2Oc3ccc(N4N=C(c5ccccc5)CCC4=O)cc3[C@H](OC)[C@H]2C)cc1. The Morgan fingerprint density at radius 3 is 2.52 bits per heavy atom. The molecule has 0 saturated carbocycles. The van der Waals surface area contributed by atoms with Crippen molar-refractivity contribution in [2.45, 2.75) is 70.0 Å². The molecule has 3 aromatic carbocycles. The molecule has 6 rings (SSSR count). The quantitative estimate of drug-likeness (QED) is 0.198. The third kappa shape index (κ3) is 6.80. The number of benzene rings is 3. The maximum absolute atomic E-state index is 13.1. The van der Waals surface area contributed by atoms with E-state index in [1.807, 2.05) is 71.5 Å². The van der Waals surface area contributed by atoms with E-state index in [2.05, 4.69) is 42.5 Å². The number of hydrazone groups is 1. The molecule has 0 bridgehead atoms. The van der Waals surface area contributed by atoms with Crippen LogP contribution in [0.3, 0.4) is 0 Å². The molecule has 0 aliphatic carbocycles. The van der Waals surface area contributed by atoms with Gasteiger partial charge in [0.2, 0.25) is 5.91 Å². The maximum Gasteiger partial charge on any atom is 0.247 e. The average Bonchev–Trinajstić information content (AvgIpc) is 3.56. The van der Waals surface area contributed by atoms with Crippen LogP contribution in [-0.2, 0) is 22.5 Å². The first kappa shape index (κ1) is 33.6. The van der Waals surface area contributed by atoms with Crippen LogP contribution in [0.15, 0.2) is 84.1 Å². The van der Waals surface area contributed by atoms with Gasteiger partial charge in [-0.15, -0.1) is 5.10 Å². The van der Waals surface area contributed by atoms with E-state index in [4.69, 9.17) is 19.3 Å².